The normalized spacial score (nSPS) is 14.5. The van der Waals surface area contributed by atoms with Gasteiger partial charge in [-0.3, -0.25) is 0 Å². The molecule has 0 aliphatic carbocycles. The molecule has 1 aromatic carbocycles. The zero-order chi connectivity index (χ0) is 13.2. The zero-order valence-electron chi connectivity index (χ0n) is 11.6. The molecule has 1 rings (SSSR count). The summed E-state index contributed by atoms with van der Waals surface area (Å²) in [5.41, 5.74) is 4.24. The van der Waals surface area contributed by atoms with Gasteiger partial charge in [0, 0.05) is 6.04 Å². The van der Waals surface area contributed by atoms with Crippen molar-refractivity contribution >= 4 is 0 Å². The molecule has 0 saturated heterocycles. The highest BCUT2D eigenvalue weighted by Gasteiger charge is 2.20. The molecular formula is C14H23NO2. The van der Waals surface area contributed by atoms with E-state index in [9.17, 15) is 5.11 Å². The maximum atomic E-state index is 10.3. The second-order valence-corrected chi connectivity index (χ2v) is 4.59. The van der Waals surface area contributed by atoms with E-state index in [2.05, 4.69) is 5.32 Å². The van der Waals surface area contributed by atoms with E-state index >= 15 is 0 Å². The number of ether oxygens (including phenoxy) is 1. The first-order valence-electron chi connectivity index (χ1n) is 5.94. The van der Waals surface area contributed by atoms with Gasteiger partial charge in [0.2, 0.25) is 0 Å². The molecule has 3 nitrogen and oxygen atoms in total. The molecule has 0 aromatic heterocycles. The molecule has 0 heterocycles. The second-order valence-electron chi connectivity index (χ2n) is 4.59. The van der Waals surface area contributed by atoms with Crippen molar-refractivity contribution in [1.82, 2.24) is 5.32 Å². The van der Waals surface area contributed by atoms with E-state index in [4.69, 9.17) is 4.74 Å². The molecule has 0 aliphatic rings. The lowest BCUT2D eigenvalue weighted by Crippen LogP contribution is -2.29. The lowest BCUT2D eigenvalue weighted by molar-refractivity contribution is 0.139. The second kappa shape index (κ2) is 5.52. The van der Waals surface area contributed by atoms with E-state index in [1.165, 1.54) is 0 Å². The van der Waals surface area contributed by atoms with Crippen LogP contribution in [-0.4, -0.2) is 25.3 Å². The Morgan fingerprint density at radius 1 is 1.24 bits per heavy atom. The van der Waals surface area contributed by atoms with Gasteiger partial charge in [0.15, 0.2) is 0 Å². The summed E-state index contributed by atoms with van der Waals surface area (Å²) < 4.78 is 5.38. The van der Waals surface area contributed by atoms with Crippen LogP contribution in [0.4, 0.5) is 0 Å². The largest absolute Gasteiger partial charge is 0.496 e. The van der Waals surface area contributed by atoms with Gasteiger partial charge in [-0.05, 0) is 63.1 Å². The van der Waals surface area contributed by atoms with E-state index in [1.54, 1.807) is 7.11 Å². The highest BCUT2D eigenvalue weighted by Crippen LogP contribution is 2.32. The molecule has 17 heavy (non-hydrogen) atoms. The van der Waals surface area contributed by atoms with Crippen molar-refractivity contribution in [3.63, 3.8) is 0 Å². The van der Waals surface area contributed by atoms with Crippen molar-refractivity contribution in [2.75, 3.05) is 14.2 Å². The van der Waals surface area contributed by atoms with Gasteiger partial charge in [-0.15, -0.1) is 0 Å². The number of benzene rings is 1. The van der Waals surface area contributed by atoms with E-state index in [0.29, 0.717) is 0 Å². The van der Waals surface area contributed by atoms with Crippen molar-refractivity contribution in [3.8, 4) is 5.75 Å². The quantitative estimate of drug-likeness (QED) is 0.844. The fourth-order valence-corrected chi connectivity index (χ4v) is 2.14. The monoisotopic (exact) mass is 237 g/mol. The predicted molar refractivity (Wildman–Crippen MR) is 70.7 cm³/mol. The van der Waals surface area contributed by atoms with E-state index in [1.807, 2.05) is 40.8 Å². The molecule has 3 heteroatoms. The zero-order valence-corrected chi connectivity index (χ0v) is 11.6. The van der Waals surface area contributed by atoms with Crippen LogP contribution in [-0.2, 0) is 0 Å². The number of nitrogens with one attached hydrogen (secondary N) is 1. The molecule has 2 N–H and O–H groups in total. The van der Waals surface area contributed by atoms with Crippen LogP contribution in [0, 0.1) is 20.8 Å². The van der Waals surface area contributed by atoms with Crippen LogP contribution in [0.25, 0.3) is 0 Å². The maximum absolute atomic E-state index is 10.3. The molecule has 2 atom stereocenters. The van der Waals surface area contributed by atoms with Crippen LogP contribution in [0.1, 0.15) is 35.3 Å². The summed E-state index contributed by atoms with van der Waals surface area (Å²) in [6.07, 6.45) is -0.497. The van der Waals surface area contributed by atoms with Crippen molar-refractivity contribution in [1.29, 1.82) is 0 Å². The average Bonchev–Trinajstić information content (AvgIpc) is 2.32. The van der Waals surface area contributed by atoms with E-state index in [-0.39, 0.29) is 6.04 Å². The summed E-state index contributed by atoms with van der Waals surface area (Å²) in [6.45, 7) is 8.03. The van der Waals surface area contributed by atoms with Gasteiger partial charge in [-0.25, -0.2) is 0 Å². The Labute approximate surface area is 104 Å². The van der Waals surface area contributed by atoms with Crippen LogP contribution in [0.3, 0.4) is 0 Å². The lowest BCUT2D eigenvalue weighted by atomic mass is 9.92. The highest BCUT2D eigenvalue weighted by atomic mass is 16.5. The molecule has 1 aromatic rings. The lowest BCUT2D eigenvalue weighted by Gasteiger charge is -2.23. The van der Waals surface area contributed by atoms with Crippen molar-refractivity contribution in [3.05, 3.63) is 28.3 Å². The number of methoxy groups -OCH3 is 1. The molecule has 0 fully saturated rings. The SMILES string of the molecule is CNC(C)C(O)c1cc(C)c(OC)c(C)c1C. The first kappa shape index (κ1) is 14.0. The number of hydrogen-bond acceptors (Lipinski definition) is 3. The number of aliphatic hydroxyl groups excluding tert-OH is 1. The molecule has 0 aliphatic heterocycles. The van der Waals surface area contributed by atoms with E-state index < -0.39 is 6.10 Å². The predicted octanol–water partition coefficient (Wildman–Crippen LogP) is 2.26. The van der Waals surface area contributed by atoms with Crippen LogP contribution in [0.5, 0.6) is 5.75 Å². The van der Waals surface area contributed by atoms with Gasteiger partial charge < -0.3 is 15.2 Å². The number of hydrogen-bond donors (Lipinski definition) is 2. The molecule has 96 valence electrons. The Balaban J connectivity index is 3.27. The number of aliphatic hydroxyl groups is 1. The third-order valence-corrected chi connectivity index (χ3v) is 3.52. The molecule has 2 unspecified atom stereocenters. The first-order valence-corrected chi connectivity index (χ1v) is 5.94. The Kier molecular flexibility index (Phi) is 4.54. The van der Waals surface area contributed by atoms with E-state index in [0.717, 1.165) is 28.0 Å². The van der Waals surface area contributed by atoms with Crippen LogP contribution in [0.2, 0.25) is 0 Å². The highest BCUT2D eigenvalue weighted by molar-refractivity contribution is 5.49. The maximum Gasteiger partial charge on any atom is 0.124 e. The van der Waals surface area contributed by atoms with Gasteiger partial charge in [0.1, 0.15) is 5.75 Å². The molecule has 0 saturated carbocycles. The van der Waals surface area contributed by atoms with Crippen LogP contribution < -0.4 is 10.1 Å². The minimum Gasteiger partial charge on any atom is -0.496 e. The third kappa shape index (κ3) is 2.61. The summed E-state index contributed by atoms with van der Waals surface area (Å²) in [6, 6.07) is 2.04. The first-order chi connectivity index (χ1) is 7.93. The number of rotatable bonds is 4. The van der Waals surface area contributed by atoms with Crippen molar-refractivity contribution in [2.24, 2.45) is 0 Å². The number of likely N-dealkylation sites (N-methyl/N-ethyl adjacent to an activating group) is 1. The van der Waals surface area contributed by atoms with Gasteiger partial charge in [0.25, 0.3) is 0 Å². The topological polar surface area (TPSA) is 41.5 Å². The smallest absolute Gasteiger partial charge is 0.124 e. The fourth-order valence-electron chi connectivity index (χ4n) is 2.14. The Bertz CT molecular complexity index is 402. The molecule has 0 amide bonds. The number of aryl methyl sites for hydroxylation is 1. The summed E-state index contributed by atoms with van der Waals surface area (Å²) in [7, 11) is 3.54. The third-order valence-electron chi connectivity index (χ3n) is 3.52. The van der Waals surface area contributed by atoms with Gasteiger partial charge in [-0.1, -0.05) is 0 Å². The van der Waals surface area contributed by atoms with Gasteiger partial charge >= 0.3 is 0 Å². The summed E-state index contributed by atoms with van der Waals surface area (Å²) >= 11 is 0. The standard InChI is InChI=1S/C14H23NO2/c1-8-7-12(13(16)11(4)15-5)9(2)10(3)14(8)17-6/h7,11,13,15-16H,1-6H3. The molecule has 0 spiro atoms. The Morgan fingerprint density at radius 3 is 2.29 bits per heavy atom. The molecule has 0 radical (unpaired) electrons. The summed E-state index contributed by atoms with van der Waals surface area (Å²) in [4.78, 5) is 0. The van der Waals surface area contributed by atoms with Crippen molar-refractivity contribution in [2.45, 2.75) is 39.8 Å². The fraction of sp³-hybridized carbons (Fsp3) is 0.571. The van der Waals surface area contributed by atoms with Crippen LogP contribution in [0.15, 0.2) is 6.07 Å². The van der Waals surface area contributed by atoms with Gasteiger partial charge in [-0.2, -0.15) is 0 Å². The van der Waals surface area contributed by atoms with Crippen LogP contribution >= 0.6 is 0 Å². The minimum absolute atomic E-state index is 0.0286. The molecular weight excluding hydrogens is 214 g/mol. The summed E-state index contributed by atoms with van der Waals surface area (Å²) in [5.74, 6) is 0.913. The van der Waals surface area contributed by atoms with Gasteiger partial charge in [0.05, 0.1) is 13.2 Å². The molecule has 0 bridgehead atoms. The van der Waals surface area contributed by atoms with Crippen molar-refractivity contribution < 1.29 is 9.84 Å². The average molecular weight is 237 g/mol. The minimum atomic E-state index is -0.497. The Morgan fingerprint density at radius 2 is 1.82 bits per heavy atom. The Hall–Kier alpha value is -1.06. The summed E-state index contributed by atoms with van der Waals surface area (Å²) in [5, 5.41) is 13.4.